The van der Waals surface area contributed by atoms with Gasteiger partial charge in [0.25, 0.3) is 5.91 Å². The van der Waals surface area contributed by atoms with E-state index in [9.17, 15) is 14.4 Å². The van der Waals surface area contributed by atoms with Crippen LogP contribution in [-0.2, 0) is 16.1 Å². The van der Waals surface area contributed by atoms with Crippen LogP contribution in [-0.4, -0.2) is 41.2 Å². The SMILES string of the molecule is CCC(C)NC(=O)C(C)N(Cc1ccccc1Cl)C(=O)CCCN1C(=O)c2cccc3cccc1c23. The topological polar surface area (TPSA) is 69.7 Å². The van der Waals surface area contributed by atoms with Crippen LogP contribution in [0.3, 0.4) is 0 Å². The van der Waals surface area contributed by atoms with Gasteiger partial charge in [-0.05, 0) is 55.8 Å². The Labute approximate surface area is 217 Å². The van der Waals surface area contributed by atoms with Crippen LogP contribution in [0.25, 0.3) is 10.8 Å². The molecular weight excluding hydrogens is 474 g/mol. The minimum atomic E-state index is -0.658. The Bertz CT molecular complexity index is 1290. The van der Waals surface area contributed by atoms with Gasteiger partial charge >= 0.3 is 0 Å². The average molecular weight is 506 g/mol. The molecule has 0 aliphatic carbocycles. The molecule has 1 N–H and O–H groups in total. The molecule has 3 aromatic carbocycles. The summed E-state index contributed by atoms with van der Waals surface area (Å²) in [5.74, 6) is -0.380. The van der Waals surface area contributed by atoms with Crippen LogP contribution in [0.2, 0.25) is 5.02 Å². The van der Waals surface area contributed by atoms with E-state index in [4.69, 9.17) is 11.6 Å². The lowest BCUT2D eigenvalue weighted by Gasteiger charge is -2.30. The van der Waals surface area contributed by atoms with Crippen molar-refractivity contribution in [3.63, 3.8) is 0 Å². The summed E-state index contributed by atoms with van der Waals surface area (Å²) in [5, 5.41) is 5.52. The molecule has 0 saturated heterocycles. The summed E-state index contributed by atoms with van der Waals surface area (Å²) in [6.07, 6.45) is 1.49. The second kappa shape index (κ2) is 11.1. The van der Waals surface area contributed by atoms with E-state index in [0.29, 0.717) is 23.6 Å². The lowest BCUT2D eigenvalue weighted by atomic mass is 10.1. The molecule has 3 amide bonds. The van der Waals surface area contributed by atoms with Crippen molar-refractivity contribution >= 4 is 45.8 Å². The van der Waals surface area contributed by atoms with Crippen LogP contribution in [0.1, 0.15) is 56.0 Å². The van der Waals surface area contributed by atoms with Crippen LogP contribution >= 0.6 is 11.6 Å². The zero-order valence-corrected chi connectivity index (χ0v) is 21.7. The molecule has 4 rings (SSSR count). The number of rotatable bonds is 10. The minimum Gasteiger partial charge on any atom is -0.352 e. The van der Waals surface area contributed by atoms with Gasteiger partial charge < -0.3 is 15.1 Å². The van der Waals surface area contributed by atoms with Crippen LogP contribution < -0.4 is 10.2 Å². The van der Waals surface area contributed by atoms with Gasteiger partial charge in [-0.15, -0.1) is 0 Å². The predicted octanol–water partition coefficient (Wildman–Crippen LogP) is 5.57. The van der Waals surface area contributed by atoms with Crippen LogP contribution in [0, 0.1) is 0 Å². The van der Waals surface area contributed by atoms with Crippen molar-refractivity contribution in [1.29, 1.82) is 0 Å². The third-order valence-electron chi connectivity index (χ3n) is 6.89. The van der Waals surface area contributed by atoms with E-state index < -0.39 is 6.04 Å². The molecule has 3 aromatic rings. The van der Waals surface area contributed by atoms with Crippen molar-refractivity contribution in [2.24, 2.45) is 0 Å². The molecule has 0 bridgehead atoms. The summed E-state index contributed by atoms with van der Waals surface area (Å²) < 4.78 is 0. The molecule has 7 heteroatoms. The average Bonchev–Trinajstić information content (AvgIpc) is 3.15. The third kappa shape index (κ3) is 5.24. The van der Waals surface area contributed by atoms with Crippen molar-refractivity contribution < 1.29 is 14.4 Å². The van der Waals surface area contributed by atoms with Gasteiger partial charge in [0.05, 0.1) is 5.69 Å². The first-order valence-electron chi connectivity index (χ1n) is 12.5. The molecule has 0 spiro atoms. The smallest absolute Gasteiger partial charge is 0.258 e. The number of anilines is 1. The van der Waals surface area contributed by atoms with Crippen molar-refractivity contribution in [3.05, 3.63) is 76.8 Å². The van der Waals surface area contributed by atoms with E-state index >= 15 is 0 Å². The highest BCUT2D eigenvalue weighted by Gasteiger charge is 2.30. The highest BCUT2D eigenvalue weighted by Crippen LogP contribution is 2.37. The number of hydrogen-bond donors (Lipinski definition) is 1. The quantitative estimate of drug-likeness (QED) is 0.392. The maximum atomic E-state index is 13.4. The van der Waals surface area contributed by atoms with Crippen LogP contribution in [0.4, 0.5) is 5.69 Å². The number of halogens is 1. The highest BCUT2D eigenvalue weighted by molar-refractivity contribution is 6.31. The van der Waals surface area contributed by atoms with Crippen molar-refractivity contribution in [3.8, 4) is 0 Å². The summed E-state index contributed by atoms with van der Waals surface area (Å²) in [6.45, 7) is 6.34. The predicted molar refractivity (Wildman–Crippen MR) is 144 cm³/mol. The van der Waals surface area contributed by atoms with E-state index in [0.717, 1.165) is 28.4 Å². The van der Waals surface area contributed by atoms with Gasteiger partial charge in [-0.1, -0.05) is 61.0 Å². The summed E-state index contributed by atoms with van der Waals surface area (Å²) in [4.78, 5) is 42.7. The number of hydrogen-bond acceptors (Lipinski definition) is 3. The van der Waals surface area contributed by atoms with Crippen LogP contribution in [0.5, 0.6) is 0 Å². The van der Waals surface area contributed by atoms with E-state index in [2.05, 4.69) is 5.32 Å². The normalized spacial score (nSPS) is 14.1. The zero-order valence-electron chi connectivity index (χ0n) is 21.0. The first-order chi connectivity index (χ1) is 17.3. The molecule has 6 nitrogen and oxygen atoms in total. The Balaban J connectivity index is 1.47. The van der Waals surface area contributed by atoms with Gasteiger partial charge in [0, 0.05) is 41.5 Å². The standard InChI is InChI=1S/C29H32ClN3O3/c1-4-19(2)31-28(35)20(3)33(18-22-10-5-6-14-24(22)30)26(34)16-9-17-32-25-15-8-12-21-11-7-13-23(27(21)25)29(32)36/h5-8,10-15,19-20H,4,9,16-18H2,1-3H3,(H,31,35). The molecule has 2 atom stereocenters. The van der Waals surface area contributed by atoms with E-state index in [-0.39, 0.29) is 36.7 Å². The Hall–Kier alpha value is -3.38. The molecule has 36 heavy (non-hydrogen) atoms. The second-order valence-electron chi connectivity index (χ2n) is 9.35. The molecule has 0 radical (unpaired) electrons. The van der Waals surface area contributed by atoms with E-state index in [1.807, 2.05) is 68.4 Å². The van der Waals surface area contributed by atoms with E-state index in [1.54, 1.807) is 22.8 Å². The van der Waals surface area contributed by atoms with Gasteiger partial charge in [-0.2, -0.15) is 0 Å². The Morgan fingerprint density at radius 3 is 2.47 bits per heavy atom. The Morgan fingerprint density at radius 2 is 1.75 bits per heavy atom. The summed E-state index contributed by atoms with van der Waals surface area (Å²) in [6, 6.07) is 18.3. The largest absolute Gasteiger partial charge is 0.352 e. The monoisotopic (exact) mass is 505 g/mol. The minimum absolute atomic E-state index is 0.0164. The number of carbonyl (C=O) groups excluding carboxylic acids is 3. The highest BCUT2D eigenvalue weighted by atomic mass is 35.5. The Morgan fingerprint density at radius 1 is 1.03 bits per heavy atom. The maximum absolute atomic E-state index is 13.4. The summed E-state index contributed by atoms with van der Waals surface area (Å²) >= 11 is 6.37. The first-order valence-corrected chi connectivity index (χ1v) is 12.9. The lowest BCUT2D eigenvalue weighted by Crippen LogP contribution is -2.49. The molecule has 0 aromatic heterocycles. The molecule has 0 saturated carbocycles. The van der Waals surface area contributed by atoms with Gasteiger partial charge in [-0.25, -0.2) is 0 Å². The zero-order chi connectivity index (χ0) is 25.8. The summed E-state index contributed by atoms with van der Waals surface area (Å²) in [7, 11) is 0. The second-order valence-corrected chi connectivity index (χ2v) is 9.76. The third-order valence-corrected chi connectivity index (χ3v) is 7.26. The number of carbonyl (C=O) groups is 3. The van der Waals surface area contributed by atoms with Gasteiger partial charge in [0.2, 0.25) is 11.8 Å². The maximum Gasteiger partial charge on any atom is 0.258 e. The summed E-state index contributed by atoms with van der Waals surface area (Å²) in [5.41, 5.74) is 2.37. The van der Waals surface area contributed by atoms with Crippen molar-refractivity contribution in [2.75, 3.05) is 11.4 Å². The number of nitrogens with zero attached hydrogens (tertiary/aromatic N) is 2. The fourth-order valence-corrected chi connectivity index (χ4v) is 4.79. The van der Waals surface area contributed by atoms with Gasteiger partial charge in [-0.3, -0.25) is 14.4 Å². The van der Waals surface area contributed by atoms with E-state index in [1.165, 1.54) is 0 Å². The molecule has 1 aliphatic rings. The van der Waals surface area contributed by atoms with Crippen LogP contribution in [0.15, 0.2) is 60.7 Å². The molecular formula is C29H32ClN3O3. The van der Waals surface area contributed by atoms with Gasteiger partial charge in [0.1, 0.15) is 6.04 Å². The molecule has 1 heterocycles. The number of amides is 3. The molecule has 188 valence electrons. The van der Waals surface area contributed by atoms with Crippen molar-refractivity contribution in [2.45, 2.75) is 58.7 Å². The lowest BCUT2D eigenvalue weighted by molar-refractivity contribution is -0.140. The Kier molecular flexibility index (Phi) is 7.94. The molecule has 1 aliphatic heterocycles. The number of benzene rings is 3. The fourth-order valence-electron chi connectivity index (χ4n) is 4.59. The van der Waals surface area contributed by atoms with Gasteiger partial charge in [0.15, 0.2) is 0 Å². The molecule has 2 unspecified atom stereocenters. The molecule has 0 fully saturated rings. The fraction of sp³-hybridized carbons (Fsp3) is 0.345. The number of nitrogens with one attached hydrogen (secondary N) is 1. The van der Waals surface area contributed by atoms with Crippen molar-refractivity contribution in [1.82, 2.24) is 10.2 Å². The first kappa shape index (κ1) is 25.7.